The third-order valence-electron chi connectivity index (χ3n) is 5.88. The zero-order chi connectivity index (χ0) is 19.6. The number of rotatable bonds is 5. The summed E-state index contributed by atoms with van der Waals surface area (Å²) in [6.07, 6.45) is 2.92. The molecule has 4 rings (SSSR count). The minimum absolute atomic E-state index is 0.0676. The number of nitrogens with one attached hydrogen (secondary N) is 1. The van der Waals surface area contributed by atoms with Gasteiger partial charge in [0.05, 0.1) is 19.3 Å². The van der Waals surface area contributed by atoms with E-state index in [1.807, 2.05) is 31.2 Å². The van der Waals surface area contributed by atoms with Crippen LogP contribution in [0.5, 0.6) is 11.5 Å². The number of nitrogens with zero attached hydrogens (tertiary/aromatic N) is 1. The Morgan fingerprint density at radius 3 is 2.82 bits per heavy atom. The number of carbonyl (C=O) groups excluding carboxylic acids is 1. The Balaban J connectivity index is 1.46. The van der Waals surface area contributed by atoms with Crippen molar-refractivity contribution in [2.75, 3.05) is 26.8 Å². The number of methoxy groups -OCH3 is 1. The highest BCUT2D eigenvalue weighted by atomic mass is 16.5. The lowest BCUT2D eigenvalue weighted by Crippen LogP contribution is -2.49. The average Bonchev–Trinajstić information content (AvgIpc) is 3.03. The molecule has 2 aliphatic rings. The second-order valence-electron chi connectivity index (χ2n) is 7.77. The number of aryl methyl sites for hydroxylation is 1. The number of hydrogen-bond acceptors (Lipinski definition) is 4. The Hall–Kier alpha value is -2.53. The molecule has 2 aromatic carbocycles. The molecule has 1 unspecified atom stereocenters. The van der Waals surface area contributed by atoms with Crippen molar-refractivity contribution in [1.82, 2.24) is 10.2 Å². The summed E-state index contributed by atoms with van der Waals surface area (Å²) in [6.45, 7) is 5.28. The monoisotopic (exact) mass is 380 g/mol. The van der Waals surface area contributed by atoms with Gasteiger partial charge in [0, 0.05) is 25.2 Å². The van der Waals surface area contributed by atoms with E-state index >= 15 is 0 Å². The van der Waals surface area contributed by atoms with Crippen LogP contribution in [-0.4, -0.2) is 43.2 Å². The smallest absolute Gasteiger partial charge is 0.252 e. The second-order valence-corrected chi connectivity index (χ2v) is 7.77. The molecule has 2 aliphatic heterocycles. The first-order chi connectivity index (χ1) is 13.6. The van der Waals surface area contributed by atoms with E-state index in [0.717, 1.165) is 61.5 Å². The number of amides is 1. The van der Waals surface area contributed by atoms with Gasteiger partial charge in [0.2, 0.25) is 0 Å². The molecule has 0 bridgehead atoms. The molecule has 1 atom stereocenters. The van der Waals surface area contributed by atoms with E-state index in [1.54, 1.807) is 7.11 Å². The fourth-order valence-corrected chi connectivity index (χ4v) is 4.45. The van der Waals surface area contributed by atoms with Gasteiger partial charge in [0.1, 0.15) is 0 Å². The van der Waals surface area contributed by atoms with E-state index in [0.29, 0.717) is 6.61 Å². The van der Waals surface area contributed by atoms with Crippen LogP contribution in [0.2, 0.25) is 0 Å². The predicted octanol–water partition coefficient (Wildman–Crippen LogP) is 3.41. The maximum absolute atomic E-state index is 12.8. The Kier molecular flexibility index (Phi) is 5.27. The number of hydrogen-bond donors (Lipinski definition) is 1. The van der Waals surface area contributed by atoms with E-state index in [1.165, 1.54) is 5.56 Å². The molecule has 1 saturated heterocycles. The van der Waals surface area contributed by atoms with Gasteiger partial charge in [-0.15, -0.1) is 0 Å². The van der Waals surface area contributed by atoms with Gasteiger partial charge in [-0.2, -0.15) is 0 Å². The van der Waals surface area contributed by atoms with Crippen LogP contribution in [0.4, 0.5) is 0 Å². The zero-order valence-corrected chi connectivity index (χ0v) is 16.7. The summed E-state index contributed by atoms with van der Waals surface area (Å²) in [6, 6.07) is 14.1. The summed E-state index contributed by atoms with van der Waals surface area (Å²) in [5.74, 6) is 1.62. The van der Waals surface area contributed by atoms with Crippen molar-refractivity contribution in [3.63, 3.8) is 0 Å². The van der Waals surface area contributed by atoms with Crippen molar-refractivity contribution in [3.8, 4) is 11.5 Å². The van der Waals surface area contributed by atoms with Crippen LogP contribution in [0.3, 0.4) is 0 Å². The standard InChI is InChI=1S/C23H28N2O3/c1-3-28-21-14-17(8-9-20(21)27-2)15-25-13-12-23(16-25)11-10-18-6-4-5-7-19(18)22(26)24-23/h4-9,14H,3,10-13,15-16H2,1-2H3,(H,24,26). The highest BCUT2D eigenvalue weighted by Crippen LogP contribution is 2.33. The first kappa shape index (κ1) is 18.8. The highest BCUT2D eigenvalue weighted by Gasteiger charge is 2.41. The molecule has 1 spiro atoms. The van der Waals surface area contributed by atoms with Crippen molar-refractivity contribution < 1.29 is 14.3 Å². The summed E-state index contributed by atoms with van der Waals surface area (Å²) in [7, 11) is 1.66. The molecule has 0 aromatic heterocycles. The largest absolute Gasteiger partial charge is 0.493 e. The Labute approximate surface area is 166 Å². The Morgan fingerprint density at radius 1 is 1.14 bits per heavy atom. The van der Waals surface area contributed by atoms with E-state index in [2.05, 4.69) is 28.4 Å². The molecule has 0 radical (unpaired) electrons. The van der Waals surface area contributed by atoms with Gasteiger partial charge in [-0.3, -0.25) is 9.69 Å². The lowest BCUT2D eigenvalue weighted by Gasteiger charge is -2.29. The lowest BCUT2D eigenvalue weighted by atomic mass is 9.91. The van der Waals surface area contributed by atoms with Crippen LogP contribution >= 0.6 is 0 Å². The van der Waals surface area contributed by atoms with Crippen molar-refractivity contribution in [3.05, 3.63) is 59.2 Å². The lowest BCUT2D eigenvalue weighted by molar-refractivity contribution is 0.0902. The summed E-state index contributed by atoms with van der Waals surface area (Å²) < 4.78 is 11.1. The molecule has 2 aromatic rings. The normalized spacial score (nSPS) is 21.9. The number of fused-ring (bicyclic) bond motifs is 1. The van der Waals surface area contributed by atoms with E-state index in [9.17, 15) is 4.79 Å². The average molecular weight is 380 g/mol. The van der Waals surface area contributed by atoms with Gasteiger partial charge in [-0.1, -0.05) is 24.3 Å². The topological polar surface area (TPSA) is 50.8 Å². The maximum Gasteiger partial charge on any atom is 0.252 e. The summed E-state index contributed by atoms with van der Waals surface area (Å²) in [5, 5.41) is 3.35. The van der Waals surface area contributed by atoms with Crippen LogP contribution in [0.1, 0.15) is 41.3 Å². The molecular weight excluding hydrogens is 352 g/mol. The third kappa shape index (κ3) is 3.72. The van der Waals surface area contributed by atoms with Gasteiger partial charge in [-0.25, -0.2) is 0 Å². The van der Waals surface area contributed by atoms with Crippen molar-refractivity contribution in [1.29, 1.82) is 0 Å². The molecule has 1 N–H and O–H groups in total. The SMILES string of the molecule is CCOc1cc(CN2CCC3(CCc4ccccc4C(=O)N3)C2)ccc1OC. The van der Waals surface area contributed by atoms with E-state index in [-0.39, 0.29) is 11.4 Å². The van der Waals surface area contributed by atoms with Gasteiger partial charge in [0.25, 0.3) is 5.91 Å². The molecule has 28 heavy (non-hydrogen) atoms. The van der Waals surface area contributed by atoms with Crippen LogP contribution in [0.15, 0.2) is 42.5 Å². The van der Waals surface area contributed by atoms with Gasteiger partial charge in [-0.05, 0) is 55.5 Å². The van der Waals surface area contributed by atoms with Crippen LogP contribution in [0, 0.1) is 0 Å². The molecule has 0 saturated carbocycles. The van der Waals surface area contributed by atoms with Crippen molar-refractivity contribution >= 4 is 5.91 Å². The third-order valence-corrected chi connectivity index (χ3v) is 5.88. The van der Waals surface area contributed by atoms with Crippen molar-refractivity contribution in [2.24, 2.45) is 0 Å². The number of likely N-dealkylation sites (tertiary alicyclic amines) is 1. The fraction of sp³-hybridized carbons (Fsp3) is 0.435. The van der Waals surface area contributed by atoms with Crippen LogP contribution < -0.4 is 14.8 Å². The molecule has 5 nitrogen and oxygen atoms in total. The van der Waals surface area contributed by atoms with Gasteiger partial charge < -0.3 is 14.8 Å². The second kappa shape index (κ2) is 7.84. The summed E-state index contributed by atoms with van der Waals surface area (Å²) in [4.78, 5) is 15.2. The molecular formula is C23H28N2O3. The molecule has 1 amide bonds. The number of benzene rings is 2. The number of ether oxygens (including phenoxy) is 2. The molecule has 2 heterocycles. The maximum atomic E-state index is 12.8. The molecule has 148 valence electrons. The van der Waals surface area contributed by atoms with Gasteiger partial charge in [0.15, 0.2) is 11.5 Å². The molecule has 1 fully saturated rings. The quantitative estimate of drug-likeness (QED) is 0.864. The predicted molar refractivity (Wildman–Crippen MR) is 109 cm³/mol. The van der Waals surface area contributed by atoms with Crippen LogP contribution in [-0.2, 0) is 13.0 Å². The van der Waals surface area contributed by atoms with Gasteiger partial charge >= 0.3 is 0 Å². The van der Waals surface area contributed by atoms with Crippen LogP contribution in [0.25, 0.3) is 0 Å². The minimum atomic E-state index is -0.134. The Morgan fingerprint density at radius 2 is 2.00 bits per heavy atom. The minimum Gasteiger partial charge on any atom is -0.493 e. The highest BCUT2D eigenvalue weighted by molar-refractivity contribution is 5.96. The first-order valence-electron chi connectivity index (χ1n) is 10.0. The fourth-order valence-electron chi connectivity index (χ4n) is 4.45. The zero-order valence-electron chi connectivity index (χ0n) is 16.7. The van der Waals surface area contributed by atoms with Crippen molar-refractivity contribution in [2.45, 2.75) is 38.3 Å². The van der Waals surface area contributed by atoms with E-state index < -0.39 is 0 Å². The van der Waals surface area contributed by atoms with E-state index in [4.69, 9.17) is 9.47 Å². The first-order valence-corrected chi connectivity index (χ1v) is 10.0. The molecule has 0 aliphatic carbocycles. The summed E-state index contributed by atoms with van der Waals surface area (Å²) in [5.41, 5.74) is 3.05. The number of carbonyl (C=O) groups is 1. The Bertz CT molecular complexity index is 867. The molecule has 5 heteroatoms. The summed E-state index contributed by atoms with van der Waals surface area (Å²) >= 11 is 0.